The molecule has 0 saturated heterocycles. The summed E-state index contributed by atoms with van der Waals surface area (Å²) in [7, 11) is 0. The van der Waals surface area contributed by atoms with Crippen LogP contribution >= 0.6 is 0 Å². The first-order valence-electron chi connectivity index (χ1n) is 7.79. The van der Waals surface area contributed by atoms with Crippen LogP contribution in [0.15, 0.2) is 48.5 Å². The first-order valence-corrected chi connectivity index (χ1v) is 7.79. The predicted molar refractivity (Wildman–Crippen MR) is 89.0 cm³/mol. The topological polar surface area (TPSA) is 84.6 Å². The summed E-state index contributed by atoms with van der Waals surface area (Å²) in [5.74, 6) is -2.32. The van der Waals surface area contributed by atoms with Crippen LogP contribution in [0.4, 0.5) is 8.78 Å². The molecular formula is C18H20F2N2O3. The van der Waals surface area contributed by atoms with Gasteiger partial charge in [0, 0.05) is 12.6 Å². The Morgan fingerprint density at radius 1 is 1.16 bits per heavy atom. The molecule has 1 amide bonds. The average Bonchev–Trinajstić information content (AvgIpc) is 2.61. The van der Waals surface area contributed by atoms with Crippen LogP contribution in [0.2, 0.25) is 0 Å². The molecule has 134 valence electrons. The number of amides is 1. The lowest BCUT2D eigenvalue weighted by Gasteiger charge is -2.16. The second kappa shape index (κ2) is 9.10. The van der Waals surface area contributed by atoms with E-state index in [0.717, 1.165) is 17.7 Å². The Balaban J connectivity index is 1.72. The van der Waals surface area contributed by atoms with Crippen LogP contribution in [0.25, 0.3) is 0 Å². The van der Waals surface area contributed by atoms with Crippen LogP contribution < -0.4 is 15.8 Å². The minimum atomic E-state index is -1.04. The fourth-order valence-electron chi connectivity index (χ4n) is 2.13. The SMILES string of the molecule is N[C@@H](Cc1ccccc1)C(=O)NCC(O)COc1ccc(F)c(F)c1. The number of carbonyl (C=O) groups excluding carboxylic acids is 1. The second-order valence-electron chi connectivity index (χ2n) is 5.58. The molecule has 0 aliphatic heterocycles. The first kappa shape index (κ1) is 18.8. The summed E-state index contributed by atoms with van der Waals surface area (Å²) in [6.45, 7) is -0.246. The molecule has 0 aromatic heterocycles. The number of benzene rings is 2. The molecule has 0 aliphatic carbocycles. The zero-order chi connectivity index (χ0) is 18.2. The van der Waals surface area contributed by atoms with E-state index in [4.69, 9.17) is 10.5 Å². The Kier molecular flexibility index (Phi) is 6.85. The normalized spacial score (nSPS) is 13.1. The summed E-state index contributed by atoms with van der Waals surface area (Å²) in [5, 5.41) is 12.3. The van der Waals surface area contributed by atoms with Crippen molar-refractivity contribution in [2.45, 2.75) is 18.6 Å². The van der Waals surface area contributed by atoms with E-state index in [0.29, 0.717) is 6.42 Å². The molecule has 7 heteroatoms. The molecule has 2 atom stereocenters. The van der Waals surface area contributed by atoms with Crippen molar-refractivity contribution < 1.29 is 23.4 Å². The summed E-state index contributed by atoms with van der Waals surface area (Å²) < 4.78 is 31.0. The summed E-state index contributed by atoms with van der Waals surface area (Å²) in [5.41, 5.74) is 6.77. The maximum absolute atomic E-state index is 13.0. The molecule has 25 heavy (non-hydrogen) atoms. The van der Waals surface area contributed by atoms with Gasteiger partial charge < -0.3 is 20.9 Å². The third kappa shape index (κ3) is 6.13. The number of aliphatic hydroxyl groups excluding tert-OH is 1. The van der Waals surface area contributed by atoms with Crippen molar-refractivity contribution in [1.82, 2.24) is 5.32 Å². The highest BCUT2D eigenvalue weighted by atomic mass is 19.2. The van der Waals surface area contributed by atoms with Crippen LogP contribution in [0.1, 0.15) is 5.56 Å². The van der Waals surface area contributed by atoms with Crippen LogP contribution in [0.3, 0.4) is 0 Å². The van der Waals surface area contributed by atoms with E-state index >= 15 is 0 Å². The maximum Gasteiger partial charge on any atom is 0.237 e. The van der Waals surface area contributed by atoms with Crippen molar-refractivity contribution in [2.24, 2.45) is 5.73 Å². The van der Waals surface area contributed by atoms with Crippen molar-refractivity contribution >= 4 is 5.91 Å². The number of halogens is 2. The van der Waals surface area contributed by atoms with E-state index in [1.165, 1.54) is 6.07 Å². The van der Waals surface area contributed by atoms with E-state index in [-0.39, 0.29) is 18.9 Å². The lowest BCUT2D eigenvalue weighted by molar-refractivity contribution is -0.122. The molecule has 2 aromatic carbocycles. The van der Waals surface area contributed by atoms with Crippen molar-refractivity contribution in [1.29, 1.82) is 0 Å². The maximum atomic E-state index is 13.0. The van der Waals surface area contributed by atoms with E-state index in [1.807, 2.05) is 30.3 Å². The largest absolute Gasteiger partial charge is 0.491 e. The van der Waals surface area contributed by atoms with Crippen molar-refractivity contribution in [3.63, 3.8) is 0 Å². The molecule has 0 radical (unpaired) electrons. The number of carbonyl (C=O) groups is 1. The molecule has 0 heterocycles. The predicted octanol–water partition coefficient (Wildman–Crippen LogP) is 1.39. The highest BCUT2D eigenvalue weighted by Gasteiger charge is 2.15. The molecule has 1 unspecified atom stereocenters. The van der Waals surface area contributed by atoms with Gasteiger partial charge in [-0.15, -0.1) is 0 Å². The molecule has 2 aromatic rings. The number of nitrogens with two attached hydrogens (primary N) is 1. The van der Waals surface area contributed by atoms with Crippen LogP contribution in [0, 0.1) is 11.6 Å². The molecule has 0 saturated carbocycles. The van der Waals surface area contributed by atoms with E-state index in [9.17, 15) is 18.7 Å². The third-order valence-corrected chi connectivity index (χ3v) is 3.48. The highest BCUT2D eigenvalue weighted by Crippen LogP contribution is 2.15. The zero-order valence-electron chi connectivity index (χ0n) is 13.5. The Labute approximate surface area is 144 Å². The van der Waals surface area contributed by atoms with Gasteiger partial charge in [-0.25, -0.2) is 8.78 Å². The monoisotopic (exact) mass is 350 g/mol. The Hall–Kier alpha value is -2.51. The van der Waals surface area contributed by atoms with Gasteiger partial charge >= 0.3 is 0 Å². The standard InChI is InChI=1S/C18H20F2N2O3/c19-15-7-6-14(9-16(15)20)25-11-13(23)10-22-18(24)17(21)8-12-4-2-1-3-5-12/h1-7,9,13,17,23H,8,10-11,21H2,(H,22,24)/t13?,17-/m0/s1. The van der Waals surface area contributed by atoms with Crippen LogP contribution in [-0.2, 0) is 11.2 Å². The first-order chi connectivity index (χ1) is 12.0. The molecule has 5 nitrogen and oxygen atoms in total. The summed E-state index contributed by atoms with van der Waals surface area (Å²) in [6.07, 6.45) is -0.630. The molecular weight excluding hydrogens is 330 g/mol. The number of hydrogen-bond donors (Lipinski definition) is 3. The van der Waals surface area contributed by atoms with E-state index in [1.54, 1.807) is 0 Å². The number of ether oxygens (including phenoxy) is 1. The van der Waals surface area contributed by atoms with Crippen LogP contribution in [0.5, 0.6) is 5.75 Å². The van der Waals surface area contributed by atoms with Gasteiger partial charge in [0.15, 0.2) is 11.6 Å². The third-order valence-electron chi connectivity index (χ3n) is 3.48. The highest BCUT2D eigenvalue weighted by molar-refractivity contribution is 5.81. The molecule has 0 aliphatic rings. The molecule has 0 spiro atoms. The van der Waals surface area contributed by atoms with E-state index in [2.05, 4.69) is 5.32 Å². The number of nitrogens with one attached hydrogen (secondary N) is 1. The fourth-order valence-corrected chi connectivity index (χ4v) is 2.13. The minimum absolute atomic E-state index is 0.0645. The second-order valence-corrected chi connectivity index (χ2v) is 5.58. The number of aliphatic hydroxyl groups is 1. The zero-order valence-corrected chi connectivity index (χ0v) is 13.5. The van der Waals surface area contributed by atoms with Crippen LogP contribution in [-0.4, -0.2) is 36.3 Å². The van der Waals surface area contributed by atoms with Gasteiger partial charge in [0.1, 0.15) is 18.5 Å². The van der Waals surface area contributed by atoms with Crippen molar-refractivity contribution in [2.75, 3.05) is 13.2 Å². The van der Waals surface area contributed by atoms with Gasteiger partial charge in [-0.1, -0.05) is 30.3 Å². The van der Waals surface area contributed by atoms with Crippen molar-refractivity contribution in [3.8, 4) is 5.75 Å². The minimum Gasteiger partial charge on any atom is -0.491 e. The molecule has 0 fully saturated rings. The van der Waals surface area contributed by atoms with Gasteiger partial charge in [-0.3, -0.25) is 4.79 Å². The fraction of sp³-hybridized carbons (Fsp3) is 0.278. The molecule has 4 N–H and O–H groups in total. The van der Waals surface area contributed by atoms with Gasteiger partial charge in [0.05, 0.1) is 6.04 Å². The van der Waals surface area contributed by atoms with Crippen molar-refractivity contribution in [3.05, 3.63) is 65.7 Å². The summed E-state index contributed by atoms with van der Waals surface area (Å²) in [4.78, 5) is 11.9. The Morgan fingerprint density at radius 2 is 1.88 bits per heavy atom. The molecule has 2 rings (SSSR count). The Morgan fingerprint density at radius 3 is 2.56 bits per heavy atom. The quantitative estimate of drug-likeness (QED) is 0.672. The van der Waals surface area contributed by atoms with Gasteiger partial charge in [0.2, 0.25) is 5.91 Å². The summed E-state index contributed by atoms with van der Waals surface area (Å²) in [6, 6.07) is 11.7. The average molecular weight is 350 g/mol. The van der Waals surface area contributed by atoms with Gasteiger partial charge in [-0.05, 0) is 24.1 Å². The lowest BCUT2D eigenvalue weighted by atomic mass is 10.1. The number of hydrogen-bond acceptors (Lipinski definition) is 4. The van der Waals surface area contributed by atoms with Gasteiger partial charge in [-0.2, -0.15) is 0 Å². The lowest BCUT2D eigenvalue weighted by Crippen LogP contribution is -2.45. The molecule has 0 bridgehead atoms. The Bertz CT molecular complexity index is 698. The number of rotatable bonds is 8. The smallest absolute Gasteiger partial charge is 0.237 e. The van der Waals surface area contributed by atoms with E-state index < -0.39 is 29.7 Å². The summed E-state index contributed by atoms with van der Waals surface area (Å²) >= 11 is 0. The van der Waals surface area contributed by atoms with Gasteiger partial charge in [0.25, 0.3) is 0 Å².